The van der Waals surface area contributed by atoms with Gasteiger partial charge in [0.15, 0.2) is 0 Å². The Morgan fingerprint density at radius 2 is 2.10 bits per heavy atom. The third kappa shape index (κ3) is 3.75. The maximum absolute atomic E-state index is 6.53. The first kappa shape index (κ1) is 15.8. The van der Waals surface area contributed by atoms with Crippen molar-refractivity contribution >= 4 is 11.6 Å². The van der Waals surface area contributed by atoms with E-state index in [0.29, 0.717) is 0 Å². The van der Waals surface area contributed by atoms with Crippen LogP contribution in [0.15, 0.2) is 24.3 Å². The van der Waals surface area contributed by atoms with Crippen molar-refractivity contribution in [3.05, 3.63) is 34.9 Å². The summed E-state index contributed by atoms with van der Waals surface area (Å²) in [4.78, 5) is 0. The van der Waals surface area contributed by atoms with Crippen LogP contribution in [0.5, 0.6) is 0 Å². The second-order valence-corrected chi connectivity index (χ2v) is 6.56. The Kier molecular flexibility index (Phi) is 5.48. The quantitative estimate of drug-likeness (QED) is 0.884. The second kappa shape index (κ2) is 6.93. The summed E-state index contributed by atoms with van der Waals surface area (Å²) in [5, 5.41) is 0.775. The molecule has 1 atom stereocenters. The average molecular weight is 296 g/mol. The largest absolute Gasteiger partial charge is 0.374 e. The van der Waals surface area contributed by atoms with Crippen LogP contribution in [-0.4, -0.2) is 18.2 Å². The molecule has 1 aromatic carbocycles. The lowest BCUT2D eigenvalue weighted by Gasteiger charge is -2.43. The standard InChI is InChI=1S/C17H26ClNO/c1-3-20-17(9-7-13(2)8-10-17)16(19)12-14-5-4-6-15(18)11-14/h4-6,11,13,16H,3,7-10,12,19H2,1-2H3. The highest BCUT2D eigenvalue weighted by Gasteiger charge is 2.40. The molecule has 0 saturated heterocycles. The highest BCUT2D eigenvalue weighted by atomic mass is 35.5. The maximum atomic E-state index is 6.53. The second-order valence-electron chi connectivity index (χ2n) is 6.12. The topological polar surface area (TPSA) is 35.2 Å². The number of rotatable bonds is 5. The van der Waals surface area contributed by atoms with Gasteiger partial charge in [-0.2, -0.15) is 0 Å². The van der Waals surface area contributed by atoms with Gasteiger partial charge in [0, 0.05) is 17.7 Å². The summed E-state index contributed by atoms with van der Waals surface area (Å²) in [5.41, 5.74) is 7.58. The van der Waals surface area contributed by atoms with Crippen molar-refractivity contribution in [2.45, 2.75) is 57.6 Å². The van der Waals surface area contributed by atoms with Crippen LogP contribution in [0.25, 0.3) is 0 Å². The van der Waals surface area contributed by atoms with Gasteiger partial charge in [-0.1, -0.05) is 30.7 Å². The minimum Gasteiger partial charge on any atom is -0.374 e. The van der Waals surface area contributed by atoms with E-state index in [1.807, 2.05) is 18.2 Å². The van der Waals surface area contributed by atoms with Crippen LogP contribution in [0.1, 0.15) is 45.1 Å². The molecule has 0 aromatic heterocycles. The summed E-state index contributed by atoms with van der Waals surface area (Å²) < 4.78 is 6.13. The highest BCUT2D eigenvalue weighted by molar-refractivity contribution is 6.30. The monoisotopic (exact) mass is 295 g/mol. The Morgan fingerprint density at radius 3 is 2.70 bits per heavy atom. The van der Waals surface area contributed by atoms with Crippen LogP contribution >= 0.6 is 11.6 Å². The van der Waals surface area contributed by atoms with Gasteiger partial charge in [-0.15, -0.1) is 0 Å². The molecule has 0 heterocycles. The molecule has 2 N–H and O–H groups in total. The molecule has 1 unspecified atom stereocenters. The third-order valence-electron chi connectivity index (χ3n) is 4.57. The van der Waals surface area contributed by atoms with E-state index >= 15 is 0 Å². The molecule has 1 aliphatic carbocycles. The SMILES string of the molecule is CCOC1(C(N)Cc2cccc(Cl)c2)CCC(C)CC1. The average Bonchev–Trinajstić information content (AvgIpc) is 2.42. The predicted molar refractivity (Wildman–Crippen MR) is 85.1 cm³/mol. The highest BCUT2D eigenvalue weighted by Crippen LogP contribution is 2.37. The van der Waals surface area contributed by atoms with E-state index in [0.717, 1.165) is 36.8 Å². The molecule has 0 radical (unpaired) electrons. The van der Waals surface area contributed by atoms with Crippen molar-refractivity contribution < 1.29 is 4.74 Å². The minimum atomic E-state index is -0.149. The van der Waals surface area contributed by atoms with Crippen LogP contribution < -0.4 is 5.73 Å². The van der Waals surface area contributed by atoms with Crippen molar-refractivity contribution in [1.29, 1.82) is 0 Å². The molecule has 1 aromatic rings. The zero-order chi connectivity index (χ0) is 14.6. The van der Waals surface area contributed by atoms with Crippen molar-refractivity contribution in [3.63, 3.8) is 0 Å². The molecule has 20 heavy (non-hydrogen) atoms. The first-order chi connectivity index (χ1) is 9.55. The van der Waals surface area contributed by atoms with Gasteiger partial charge in [0.1, 0.15) is 0 Å². The molecule has 0 aliphatic heterocycles. The summed E-state index contributed by atoms with van der Waals surface area (Å²) in [7, 11) is 0. The molecule has 112 valence electrons. The fourth-order valence-corrected chi connectivity index (χ4v) is 3.48. The Hall–Kier alpha value is -0.570. The lowest BCUT2D eigenvalue weighted by molar-refractivity contribution is -0.0883. The number of benzene rings is 1. The summed E-state index contributed by atoms with van der Waals surface area (Å²) in [6.07, 6.45) is 5.40. The minimum absolute atomic E-state index is 0.0356. The predicted octanol–water partition coefficient (Wildman–Crippen LogP) is 4.20. The first-order valence-corrected chi connectivity index (χ1v) is 8.07. The summed E-state index contributed by atoms with van der Waals surface area (Å²) in [6, 6.07) is 8.02. The smallest absolute Gasteiger partial charge is 0.0835 e. The molecule has 0 bridgehead atoms. The van der Waals surface area contributed by atoms with Gasteiger partial charge in [0.2, 0.25) is 0 Å². The molecule has 1 aliphatic rings. The van der Waals surface area contributed by atoms with E-state index in [4.69, 9.17) is 22.1 Å². The zero-order valence-corrected chi connectivity index (χ0v) is 13.3. The normalized spacial score (nSPS) is 28.3. The van der Waals surface area contributed by atoms with Crippen molar-refractivity contribution in [2.75, 3.05) is 6.61 Å². The number of hydrogen-bond acceptors (Lipinski definition) is 2. The van der Waals surface area contributed by atoms with Gasteiger partial charge in [-0.05, 0) is 62.6 Å². The summed E-state index contributed by atoms with van der Waals surface area (Å²) >= 11 is 6.06. The Bertz CT molecular complexity index is 427. The molecular weight excluding hydrogens is 270 g/mol. The number of ether oxygens (including phenoxy) is 1. The lowest BCUT2D eigenvalue weighted by Crippen LogP contribution is -2.53. The van der Waals surface area contributed by atoms with Gasteiger partial charge in [-0.25, -0.2) is 0 Å². The summed E-state index contributed by atoms with van der Waals surface area (Å²) in [5.74, 6) is 0.793. The fraction of sp³-hybridized carbons (Fsp3) is 0.647. The third-order valence-corrected chi connectivity index (χ3v) is 4.81. The van der Waals surface area contributed by atoms with Crippen LogP contribution in [0.4, 0.5) is 0 Å². The Morgan fingerprint density at radius 1 is 1.40 bits per heavy atom. The molecule has 0 amide bonds. The van der Waals surface area contributed by atoms with E-state index in [1.54, 1.807) is 0 Å². The molecule has 0 spiro atoms. The van der Waals surface area contributed by atoms with Crippen LogP contribution in [0.2, 0.25) is 5.02 Å². The van der Waals surface area contributed by atoms with Gasteiger partial charge in [-0.3, -0.25) is 0 Å². The van der Waals surface area contributed by atoms with Crippen LogP contribution in [-0.2, 0) is 11.2 Å². The van der Waals surface area contributed by atoms with E-state index < -0.39 is 0 Å². The maximum Gasteiger partial charge on any atom is 0.0835 e. The molecule has 1 fully saturated rings. The number of nitrogens with two attached hydrogens (primary N) is 1. The van der Waals surface area contributed by atoms with Crippen molar-refractivity contribution in [1.82, 2.24) is 0 Å². The van der Waals surface area contributed by atoms with E-state index in [-0.39, 0.29) is 11.6 Å². The zero-order valence-electron chi connectivity index (χ0n) is 12.6. The van der Waals surface area contributed by atoms with E-state index in [9.17, 15) is 0 Å². The number of hydrogen-bond donors (Lipinski definition) is 1. The molecule has 2 rings (SSSR count). The van der Waals surface area contributed by atoms with E-state index in [2.05, 4.69) is 19.9 Å². The van der Waals surface area contributed by atoms with Crippen LogP contribution in [0, 0.1) is 5.92 Å². The van der Waals surface area contributed by atoms with Crippen LogP contribution in [0.3, 0.4) is 0 Å². The van der Waals surface area contributed by atoms with Crippen molar-refractivity contribution in [2.24, 2.45) is 11.7 Å². The molecule has 1 saturated carbocycles. The fourth-order valence-electron chi connectivity index (χ4n) is 3.26. The Balaban J connectivity index is 2.09. The summed E-state index contributed by atoms with van der Waals surface area (Å²) in [6.45, 7) is 5.11. The first-order valence-electron chi connectivity index (χ1n) is 7.70. The van der Waals surface area contributed by atoms with E-state index in [1.165, 1.54) is 18.4 Å². The Labute approximate surface area is 127 Å². The number of halogens is 1. The van der Waals surface area contributed by atoms with Crippen molar-refractivity contribution in [3.8, 4) is 0 Å². The molecule has 3 heteroatoms. The van der Waals surface area contributed by atoms with Gasteiger partial charge >= 0.3 is 0 Å². The molecule has 2 nitrogen and oxygen atoms in total. The van der Waals surface area contributed by atoms with Gasteiger partial charge < -0.3 is 10.5 Å². The lowest BCUT2D eigenvalue weighted by atomic mass is 9.74. The molecular formula is C17H26ClNO. The van der Waals surface area contributed by atoms with Gasteiger partial charge in [0.05, 0.1) is 5.60 Å². The van der Waals surface area contributed by atoms with Gasteiger partial charge in [0.25, 0.3) is 0 Å².